The van der Waals surface area contributed by atoms with Crippen LogP contribution in [0.3, 0.4) is 0 Å². The van der Waals surface area contributed by atoms with Gasteiger partial charge >= 0.3 is 12.1 Å². The van der Waals surface area contributed by atoms with Gasteiger partial charge in [0, 0.05) is 10.0 Å². The van der Waals surface area contributed by atoms with E-state index in [1.165, 1.54) is 12.1 Å². The lowest BCUT2D eigenvalue weighted by atomic mass is 10.00. The van der Waals surface area contributed by atoms with E-state index < -0.39 is 23.7 Å². The second-order valence-corrected chi connectivity index (χ2v) is 4.40. The van der Waals surface area contributed by atoms with Crippen LogP contribution >= 0.6 is 15.9 Å². The molecule has 0 saturated carbocycles. The van der Waals surface area contributed by atoms with E-state index in [0.717, 1.165) is 13.2 Å². The molecule has 0 aliphatic heterocycles. The van der Waals surface area contributed by atoms with Crippen molar-refractivity contribution in [2.75, 3.05) is 7.11 Å². The molecule has 1 unspecified atom stereocenters. The highest BCUT2D eigenvalue weighted by atomic mass is 79.9. The van der Waals surface area contributed by atoms with Crippen molar-refractivity contribution in [1.82, 2.24) is 0 Å². The van der Waals surface area contributed by atoms with Gasteiger partial charge in [-0.05, 0) is 18.2 Å². The molecule has 0 bridgehead atoms. The van der Waals surface area contributed by atoms with Crippen molar-refractivity contribution < 1.29 is 26.7 Å². The number of alkyl halides is 5. The van der Waals surface area contributed by atoms with Gasteiger partial charge in [0.05, 0.1) is 7.11 Å². The molecule has 0 saturated heterocycles. The summed E-state index contributed by atoms with van der Waals surface area (Å²) in [5, 5.41) is 0. The predicted octanol–water partition coefficient (Wildman–Crippen LogP) is 3.66. The summed E-state index contributed by atoms with van der Waals surface area (Å²) in [7, 11) is 1.16. The smallest absolute Gasteiger partial charge is 0.455 e. The molecule has 0 heterocycles. The number of halogens is 6. The third-order valence-corrected chi connectivity index (χ3v) is 2.79. The molecule has 0 fully saturated rings. The molecule has 1 rings (SSSR count). The molecular weight excluding hydrogens is 325 g/mol. The molecule has 1 aromatic rings. The summed E-state index contributed by atoms with van der Waals surface area (Å²) in [6.07, 6.45) is -5.72. The molecule has 0 aliphatic carbocycles. The number of hydrogen-bond acceptors (Lipinski definition) is 2. The van der Waals surface area contributed by atoms with Crippen molar-refractivity contribution in [3.8, 4) is 5.75 Å². The highest BCUT2D eigenvalue weighted by Gasteiger charge is 2.62. The Labute approximate surface area is 108 Å². The summed E-state index contributed by atoms with van der Waals surface area (Å²) in [5.41, 5.74) is 4.61. The van der Waals surface area contributed by atoms with E-state index in [-0.39, 0.29) is 5.75 Å². The monoisotopic (exact) mass is 333 g/mol. The molecule has 0 radical (unpaired) electrons. The first-order chi connectivity index (χ1) is 8.11. The topological polar surface area (TPSA) is 35.2 Å². The summed E-state index contributed by atoms with van der Waals surface area (Å²) in [6.45, 7) is 0. The van der Waals surface area contributed by atoms with Crippen LogP contribution in [0.5, 0.6) is 5.75 Å². The van der Waals surface area contributed by atoms with Crippen LogP contribution in [0.25, 0.3) is 0 Å². The molecule has 18 heavy (non-hydrogen) atoms. The average molecular weight is 334 g/mol. The molecular formula is C10H9BrF5NO. The van der Waals surface area contributed by atoms with Crippen LogP contribution in [0.4, 0.5) is 22.0 Å². The maximum absolute atomic E-state index is 13.1. The summed E-state index contributed by atoms with van der Waals surface area (Å²) in [6, 6.07) is 1.24. The lowest BCUT2D eigenvalue weighted by Crippen LogP contribution is -2.45. The van der Waals surface area contributed by atoms with Gasteiger partial charge < -0.3 is 10.5 Å². The summed E-state index contributed by atoms with van der Waals surface area (Å²) < 4.78 is 68.0. The molecule has 2 N–H and O–H groups in total. The minimum Gasteiger partial charge on any atom is -0.496 e. The van der Waals surface area contributed by atoms with Crippen LogP contribution in [-0.2, 0) is 0 Å². The Hall–Kier alpha value is -0.890. The second kappa shape index (κ2) is 5.00. The van der Waals surface area contributed by atoms with Gasteiger partial charge in [-0.2, -0.15) is 22.0 Å². The molecule has 2 nitrogen and oxygen atoms in total. The van der Waals surface area contributed by atoms with E-state index in [1.54, 1.807) is 0 Å². The maximum Gasteiger partial charge on any atom is 0.455 e. The zero-order valence-electron chi connectivity index (χ0n) is 9.06. The van der Waals surface area contributed by atoms with Crippen molar-refractivity contribution >= 4 is 15.9 Å². The van der Waals surface area contributed by atoms with Gasteiger partial charge in [0.25, 0.3) is 0 Å². The Kier molecular flexibility index (Phi) is 4.22. The van der Waals surface area contributed by atoms with Crippen molar-refractivity contribution in [3.63, 3.8) is 0 Å². The van der Waals surface area contributed by atoms with Gasteiger partial charge in [-0.25, -0.2) is 0 Å². The molecule has 8 heteroatoms. The van der Waals surface area contributed by atoms with Crippen molar-refractivity contribution in [2.24, 2.45) is 5.73 Å². The summed E-state index contributed by atoms with van der Waals surface area (Å²) in [4.78, 5) is 0. The Morgan fingerprint density at radius 2 is 1.78 bits per heavy atom. The normalized spacial score (nSPS) is 14.4. The number of hydrogen-bond donors (Lipinski definition) is 1. The fraction of sp³-hybridized carbons (Fsp3) is 0.400. The van der Waals surface area contributed by atoms with E-state index in [1.807, 2.05) is 0 Å². The number of benzene rings is 1. The fourth-order valence-corrected chi connectivity index (χ4v) is 1.70. The highest BCUT2D eigenvalue weighted by Crippen LogP contribution is 2.45. The summed E-state index contributed by atoms with van der Waals surface area (Å²) in [5.74, 6) is -5.17. The second-order valence-electron chi connectivity index (χ2n) is 3.48. The van der Waals surface area contributed by atoms with Crippen LogP contribution in [-0.4, -0.2) is 19.2 Å². The van der Waals surface area contributed by atoms with E-state index >= 15 is 0 Å². The van der Waals surface area contributed by atoms with E-state index in [2.05, 4.69) is 15.9 Å². The third-order valence-electron chi connectivity index (χ3n) is 2.30. The van der Waals surface area contributed by atoms with Crippen molar-refractivity contribution in [1.29, 1.82) is 0 Å². The molecule has 1 atom stereocenters. The predicted molar refractivity (Wildman–Crippen MR) is 58.6 cm³/mol. The minimum absolute atomic E-state index is 0.130. The van der Waals surface area contributed by atoms with Gasteiger partial charge in [0.1, 0.15) is 11.8 Å². The van der Waals surface area contributed by atoms with Gasteiger partial charge in [0.2, 0.25) is 0 Å². The van der Waals surface area contributed by atoms with Crippen LogP contribution in [0, 0.1) is 0 Å². The van der Waals surface area contributed by atoms with Gasteiger partial charge in [0.15, 0.2) is 0 Å². The molecule has 102 valence electrons. The average Bonchev–Trinajstić information content (AvgIpc) is 2.26. The van der Waals surface area contributed by atoms with Crippen molar-refractivity contribution in [3.05, 3.63) is 28.2 Å². The Morgan fingerprint density at radius 3 is 2.22 bits per heavy atom. The SMILES string of the molecule is COc1ccc(Br)cc1C(N)C(F)(F)C(F)(F)F. The standard InChI is InChI=1S/C10H9BrF5NO/c1-18-7-3-2-5(11)4-6(7)8(17)9(12,13)10(14,15)16/h2-4,8H,17H2,1H3. The van der Waals surface area contributed by atoms with Crippen LogP contribution < -0.4 is 10.5 Å². The van der Waals surface area contributed by atoms with Crippen molar-refractivity contribution in [2.45, 2.75) is 18.1 Å². The van der Waals surface area contributed by atoms with Crippen LogP contribution in [0.15, 0.2) is 22.7 Å². The highest BCUT2D eigenvalue weighted by molar-refractivity contribution is 9.10. The molecule has 1 aromatic carbocycles. The summed E-state index contributed by atoms with van der Waals surface area (Å²) >= 11 is 2.97. The van der Waals surface area contributed by atoms with E-state index in [4.69, 9.17) is 10.5 Å². The third kappa shape index (κ3) is 2.74. The molecule has 0 amide bonds. The largest absolute Gasteiger partial charge is 0.496 e. The lowest BCUT2D eigenvalue weighted by Gasteiger charge is -2.27. The zero-order chi connectivity index (χ0) is 14.1. The first-order valence-electron chi connectivity index (χ1n) is 4.64. The lowest BCUT2D eigenvalue weighted by molar-refractivity contribution is -0.291. The fourth-order valence-electron chi connectivity index (χ4n) is 1.32. The minimum atomic E-state index is -5.72. The quantitative estimate of drug-likeness (QED) is 0.857. The molecule has 0 aromatic heterocycles. The zero-order valence-corrected chi connectivity index (χ0v) is 10.6. The Morgan fingerprint density at radius 1 is 1.22 bits per heavy atom. The van der Waals surface area contributed by atoms with Gasteiger partial charge in [-0.1, -0.05) is 15.9 Å². The number of ether oxygens (including phenoxy) is 1. The van der Waals surface area contributed by atoms with Crippen LogP contribution in [0.2, 0.25) is 0 Å². The number of rotatable bonds is 3. The first kappa shape index (κ1) is 15.2. The Bertz CT molecular complexity index is 435. The van der Waals surface area contributed by atoms with Gasteiger partial charge in [-0.3, -0.25) is 0 Å². The Balaban J connectivity index is 3.26. The van der Waals surface area contributed by atoms with E-state index in [0.29, 0.717) is 4.47 Å². The van der Waals surface area contributed by atoms with E-state index in [9.17, 15) is 22.0 Å². The number of nitrogens with two attached hydrogens (primary N) is 1. The first-order valence-corrected chi connectivity index (χ1v) is 5.44. The molecule has 0 spiro atoms. The van der Waals surface area contributed by atoms with Crippen LogP contribution in [0.1, 0.15) is 11.6 Å². The maximum atomic E-state index is 13.1. The number of methoxy groups -OCH3 is 1. The molecule has 0 aliphatic rings. The van der Waals surface area contributed by atoms with Gasteiger partial charge in [-0.15, -0.1) is 0 Å².